The summed E-state index contributed by atoms with van der Waals surface area (Å²) in [6.45, 7) is 1.45. The maximum atomic E-state index is 12.7. The van der Waals surface area contributed by atoms with Gasteiger partial charge in [0.1, 0.15) is 12.1 Å². The van der Waals surface area contributed by atoms with Gasteiger partial charge in [-0.2, -0.15) is 4.52 Å². The van der Waals surface area contributed by atoms with Crippen molar-refractivity contribution in [1.82, 2.24) is 19.8 Å². The zero-order chi connectivity index (χ0) is 18.1. The topological polar surface area (TPSA) is 75.4 Å². The number of aromatic nitrogens is 4. The van der Waals surface area contributed by atoms with Crippen LogP contribution in [0.5, 0.6) is 0 Å². The van der Waals surface area contributed by atoms with Crippen molar-refractivity contribution in [3.8, 4) is 0 Å². The average Bonchev–Trinajstić information content (AvgIpc) is 3.12. The average molecular weight is 391 g/mol. The number of nitrogens with zero attached hydrogens (tertiary/aromatic N) is 5. The van der Waals surface area contributed by atoms with E-state index in [9.17, 15) is 4.79 Å². The van der Waals surface area contributed by atoms with Crippen LogP contribution in [0.2, 0.25) is 10.0 Å². The Morgan fingerprint density at radius 3 is 2.96 bits per heavy atom. The van der Waals surface area contributed by atoms with Gasteiger partial charge in [-0.3, -0.25) is 4.79 Å². The van der Waals surface area contributed by atoms with E-state index in [0.717, 1.165) is 25.2 Å². The van der Waals surface area contributed by atoms with Crippen molar-refractivity contribution in [1.29, 1.82) is 0 Å². The molecule has 1 amide bonds. The number of nitrogens with one attached hydrogen (secondary N) is 1. The fourth-order valence-electron chi connectivity index (χ4n) is 3.11. The molecule has 9 heteroatoms. The number of fused-ring (bicyclic) bond motifs is 1. The summed E-state index contributed by atoms with van der Waals surface area (Å²) in [5.74, 6) is 0.609. The van der Waals surface area contributed by atoms with E-state index < -0.39 is 0 Å². The van der Waals surface area contributed by atoms with Crippen molar-refractivity contribution in [2.75, 3.05) is 23.3 Å². The molecule has 1 N–H and O–H groups in total. The van der Waals surface area contributed by atoms with Crippen LogP contribution in [0.3, 0.4) is 0 Å². The van der Waals surface area contributed by atoms with E-state index in [1.807, 2.05) is 12.1 Å². The number of hydrogen-bond acceptors (Lipinski definition) is 5. The van der Waals surface area contributed by atoms with Crippen molar-refractivity contribution >= 4 is 46.3 Å². The van der Waals surface area contributed by atoms with E-state index in [1.165, 1.54) is 0 Å². The maximum Gasteiger partial charge on any atom is 0.229 e. The summed E-state index contributed by atoms with van der Waals surface area (Å²) in [5, 5.41) is 16.2. The number of piperidine rings is 1. The van der Waals surface area contributed by atoms with Gasteiger partial charge in [-0.1, -0.05) is 23.2 Å². The van der Waals surface area contributed by atoms with Crippen molar-refractivity contribution < 1.29 is 4.79 Å². The Morgan fingerprint density at radius 1 is 1.23 bits per heavy atom. The molecule has 1 fully saturated rings. The van der Waals surface area contributed by atoms with Gasteiger partial charge in [-0.05, 0) is 43.2 Å². The first-order valence-electron chi connectivity index (χ1n) is 8.28. The predicted molar refractivity (Wildman–Crippen MR) is 101 cm³/mol. The third-order valence-electron chi connectivity index (χ3n) is 4.45. The van der Waals surface area contributed by atoms with Crippen LogP contribution in [0.15, 0.2) is 36.7 Å². The zero-order valence-corrected chi connectivity index (χ0v) is 15.3. The Kier molecular flexibility index (Phi) is 4.65. The molecule has 0 spiro atoms. The lowest BCUT2D eigenvalue weighted by molar-refractivity contribution is -0.120. The van der Waals surface area contributed by atoms with Crippen LogP contribution >= 0.6 is 23.2 Å². The third kappa shape index (κ3) is 3.45. The number of benzene rings is 1. The lowest BCUT2D eigenvalue weighted by Gasteiger charge is -2.32. The molecule has 1 aromatic carbocycles. The molecule has 1 aliphatic heterocycles. The Balaban J connectivity index is 1.48. The number of rotatable bonds is 3. The minimum Gasteiger partial charge on any atom is -0.354 e. The second-order valence-corrected chi connectivity index (χ2v) is 7.07. The number of hydrogen-bond donors (Lipinski definition) is 1. The molecule has 0 saturated carbocycles. The van der Waals surface area contributed by atoms with Gasteiger partial charge in [-0.15, -0.1) is 15.3 Å². The van der Waals surface area contributed by atoms with Crippen LogP contribution in [0.4, 0.5) is 11.5 Å². The third-order valence-corrected chi connectivity index (χ3v) is 5.00. The van der Waals surface area contributed by atoms with E-state index in [2.05, 4.69) is 25.5 Å². The second kappa shape index (κ2) is 7.09. The number of carbonyl (C=O) groups excluding carboxylic acids is 1. The van der Waals surface area contributed by atoms with Crippen LogP contribution in [0.1, 0.15) is 12.8 Å². The van der Waals surface area contributed by atoms with Gasteiger partial charge in [0.2, 0.25) is 5.91 Å². The normalized spacial score (nSPS) is 17.5. The summed E-state index contributed by atoms with van der Waals surface area (Å²) in [6, 6.07) is 8.80. The zero-order valence-electron chi connectivity index (χ0n) is 13.8. The van der Waals surface area contributed by atoms with Gasteiger partial charge >= 0.3 is 0 Å². The van der Waals surface area contributed by atoms with Crippen molar-refractivity contribution in [3.05, 3.63) is 46.7 Å². The maximum absolute atomic E-state index is 12.7. The van der Waals surface area contributed by atoms with Gasteiger partial charge in [0.05, 0.1) is 16.6 Å². The molecule has 0 bridgehead atoms. The van der Waals surface area contributed by atoms with Crippen LogP contribution in [-0.4, -0.2) is 38.8 Å². The fourth-order valence-corrected chi connectivity index (χ4v) is 3.57. The van der Waals surface area contributed by atoms with Crippen LogP contribution in [0, 0.1) is 5.92 Å². The molecular weight excluding hydrogens is 375 g/mol. The van der Waals surface area contributed by atoms with E-state index in [4.69, 9.17) is 23.2 Å². The first-order valence-corrected chi connectivity index (χ1v) is 9.04. The Bertz CT molecular complexity index is 959. The summed E-state index contributed by atoms with van der Waals surface area (Å²) < 4.78 is 1.63. The summed E-state index contributed by atoms with van der Waals surface area (Å²) in [6.07, 6.45) is 3.30. The Morgan fingerprint density at radius 2 is 2.12 bits per heavy atom. The minimum atomic E-state index is -0.145. The highest BCUT2D eigenvalue weighted by molar-refractivity contribution is 6.36. The molecule has 2 aromatic heterocycles. The van der Waals surface area contributed by atoms with E-state index in [-0.39, 0.29) is 11.8 Å². The predicted octanol–water partition coefficient (Wildman–Crippen LogP) is 3.29. The molecule has 26 heavy (non-hydrogen) atoms. The van der Waals surface area contributed by atoms with Crippen LogP contribution < -0.4 is 10.2 Å². The summed E-state index contributed by atoms with van der Waals surface area (Å²) in [7, 11) is 0. The van der Waals surface area contributed by atoms with Crippen LogP contribution in [-0.2, 0) is 4.79 Å². The van der Waals surface area contributed by atoms with Gasteiger partial charge in [0.25, 0.3) is 0 Å². The molecule has 0 aliphatic carbocycles. The van der Waals surface area contributed by atoms with Crippen molar-refractivity contribution in [3.63, 3.8) is 0 Å². The summed E-state index contributed by atoms with van der Waals surface area (Å²) in [4.78, 5) is 14.8. The summed E-state index contributed by atoms with van der Waals surface area (Å²) in [5.41, 5.74) is 1.26. The lowest BCUT2D eigenvalue weighted by atomic mass is 9.97. The molecule has 134 valence electrons. The van der Waals surface area contributed by atoms with Crippen LogP contribution in [0.25, 0.3) is 5.65 Å². The molecule has 0 radical (unpaired) electrons. The molecule has 1 unspecified atom stereocenters. The monoisotopic (exact) mass is 390 g/mol. The highest BCUT2D eigenvalue weighted by atomic mass is 35.5. The molecule has 1 aliphatic rings. The Hall–Kier alpha value is -2.38. The highest BCUT2D eigenvalue weighted by Crippen LogP contribution is 2.27. The summed E-state index contributed by atoms with van der Waals surface area (Å²) >= 11 is 12.0. The van der Waals surface area contributed by atoms with Gasteiger partial charge in [0, 0.05) is 18.1 Å². The van der Waals surface area contributed by atoms with Crippen molar-refractivity contribution in [2.24, 2.45) is 5.92 Å². The number of anilines is 2. The first kappa shape index (κ1) is 17.1. The molecule has 4 rings (SSSR count). The van der Waals surface area contributed by atoms with Crippen molar-refractivity contribution in [2.45, 2.75) is 12.8 Å². The number of halogens is 2. The van der Waals surface area contributed by atoms with E-state index in [1.54, 1.807) is 29.0 Å². The lowest BCUT2D eigenvalue weighted by Crippen LogP contribution is -2.41. The van der Waals surface area contributed by atoms with Gasteiger partial charge < -0.3 is 10.2 Å². The molecule has 1 saturated heterocycles. The molecule has 1 atom stereocenters. The largest absolute Gasteiger partial charge is 0.354 e. The smallest absolute Gasteiger partial charge is 0.229 e. The molecular formula is C17H16Cl2N6O. The molecule has 3 heterocycles. The van der Waals surface area contributed by atoms with E-state index >= 15 is 0 Å². The number of amides is 1. The SMILES string of the molecule is O=C(Nc1ccc(Cl)cc1Cl)C1CCCN(c2ccc3nncn3n2)C1. The van der Waals surface area contributed by atoms with Gasteiger partial charge in [-0.25, -0.2) is 0 Å². The van der Waals surface area contributed by atoms with Gasteiger partial charge in [0.15, 0.2) is 5.65 Å². The highest BCUT2D eigenvalue weighted by Gasteiger charge is 2.27. The standard InChI is InChI=1S/C17H16Cl2N6O/c18-12-3-4-14(13(19)8-12)21-17(26)11-2-1-7-24(9-11)16-6-5-15-22-20-10-25(15)23-16/h3-6,8,10-11H,1-2,7,9H2,(H,21,26). The molecule has 7 nitrogen and oxygen atoms in total. The first-order chi connectivity index (χ1) is 12.6. The fraction of sp³-hybridized carbons (Fsp3) is 0.294. The molecule has 3 aromatic rings. The minimum absolute atomic E-state index is 0.0516. The quantitative estimate of drug-likeness (QED) is 0.742. The number of carbonyl (C=O) groups is 1. The Labute approximate surface area is 159 Å². The van der Waals surface area contributed by atoms with E-state index in [0.29, 0.717) is 27.9 Å². The second-order valence-electron chi connectivity index (χ2n) is 6.22.